The average Bonchev–Trinajstić information content (AvgIpc) is 2.84. The van der Waals surface area contributed by atoms with Crippen LogP contribution in [0.4, 0.5) is 0 Å². The fourth-order valence-electron chi connectivity index (χ4n) is 2.69. The molecule has 4 nitrogen and oxygen atoms in total. The van der Waals surface area contributed by atoms with E-state index in [9.17, 15) is 8.42 Å². The number of rotatable bonds is 5. The van der Waals surface area contributed by atoms with Crippen LogP contribution in [0.3, 0.4) is 0 Å². The van der Waals surface area contributed by atoms with Crippen LogP contribution in [0.1, 0.15) is 12.5 Å². The van der Waals surface area contributed by atoms with Crippen molar-refractivity contribution in [2.45, 2.75) is 29.2 Å². The monoisotopic (exact) mass is 382 g/mol. The van der Waals surface area contributed by atoms with Crippen LogP contribution in [0.5, 0.6) is 5.75 Å². The minimum Gasteiger partial charge on any atom is -0.497 e. The fourth-order valence-corrected chi connectivity index (χ4v) is 3.95. The molecule has 0 bridgehead atoms. The van der Waals surface area contributed by atoms with E-state index in [1.165, 1.54) is 0 Å². The highest BCUT2D eigenvalue weighted by Gasteiger charge is 2.22. The molecule has 1 aliphatic carbocycles. The van der Waals surface area contributed by atoms with E-state index >= 15 is 0 Å². The largest absolute Gasteiger partial charge is 0.497 e. The second kappa shape index (κ2) is 7.45. The van der Waals surface area contributed by atoms with Crippen LogP contribution in [0.25, 0.3) is 0 Å². The zero-order valence-electron chi connectivity index (χ0n) is 15.5. The summed E-state index contributed by atoms with van der Waals surface area (Å²) in [7, 11) is -1.93. The molecule has 0 amide bonds. The van der Waals surface area contributed by atoms with Crippen molar-refractivity contribution in [1.82, 2.24) is 0 Å². The van der Waals surface area contributed by atoms with Crippen molar-refractivity contribution in [2.24, 2.45) is 0 Å². The van der Waals surface area contributed by atoms with Crippen LogP contribution in [-0.2, 0) is 14.6 Å². The van der Waals surface area contributed by atoms with Crippen molar-refractivity contribution < 1.29 is 17.9 Å². The zero-order chi connectivity index (χ0) is 19.5. The summed E-state index contributed by atoms with van der Waals surface area (Å²) < 4.78 is 36.7. The van der Waals surface area contributed by atoms with E-state index in [1.807, 2.05) is 44.2 Å². The molecule has 1 aliphatic rings. The number of sulfone groups is 1. The minimum atomic E-state index is -3.55. The van der Waals surface area contributed by atoms with Gasteiger partial charge < -0.3 is 9.47 Å². The van der Waals surface area contributed by atoms with Crippen molar-refractivity contribution in [3.8, 4) is 5.75 Å². The Hall–Kier alpha value is -2.79. The maximum Gasteiger partial charge on any atom is 0.206 e. The number of hydrogen-bond donors (Lipinski definition) is 0. The van der Waals surface area contributed by atoms with Gasteiger partial charge in [-0.1, -0.05) is 23.8 Å². The SMILES string of the molecule is COC1=CC=CC(C)(Oc2ccc(S(=O)(=O)c3ccc(C)cc3)cc2)C=C1. The number of allylic oxidation sites excluding steroid dienone is 3. The molecule has 27 heavy (non-hydrogen) atoms. The maximum atomic E-state index is 12.7. The number of benzene rings is 2. The highest BCUT2D eigenvalue weighted by Crippen LogP contribution is 2.27. The Morgan fingerprint density at radius 1 is 0.889 bits per heavy atom. The molecule has 0 saturated heterocycles. The molecule has 140 valence electrons. The standard InChI is InChI=1S/C22H22O4S/c1-17-6-10-20(11-7-17)27(23,24)21-12-8-19(9-13-21)26-22(2)15-4-5-18(25-3)14-16-22/h4-16H,1-3H3. The number of hydrogen-bond acceptors (Lipinski definition) is 4. The van der Waals surface area contributed by atoms with Gasteiger partial charge in [0.2, 0.25) is 9.84 Å². The van der Waals surface area contributed by atoms with Crippen LogP contribution < -0.4 is 4.74 Å². The van der Waals surface area contributed by atoms with Crippen LogP contribution >= 0.6 is 0 Å². The van der Waals surface area contributed by atoms with E-state index in [-0.39, 0.29) is 9.79 Å². The lowest BCUT2D eigenvalue weighted by Crippen LogP contribution is -2.26. The summed E-state index contributed by atoms with van der Waals surface area (Å²) in [5.74, 6) is 1.31. The van der Waals surface area contributed by atoms with Gasteiger partial charge in [-0.2, -0.15) is 0 Å². The normalized spacial score (nSPS) is 19.3. The smallest absolute Gasteiger partial charge is 0.206 e. The van der Waals surface area contributed by atoms with Crippen LogP contribution in [-0.4, -0.2) is 21.1 Å². The summed E-state index contributed by atoms with van der Waals surface area (Å²) in [4.78, 5) is 0.515. The van der Waals surface area contributed by atoms with E-state index in [0.29, 0.717) is 5.75 Å². The Kier molecular flexibility index (Phi) is 5.24. The molecule has 0 aliphatic heterocycles. The highest BCUT2D eigenvalue weighted by molar-refractivity contribution is 7.91. The second-order valence-corrected chi connectivity index (χ2v) is 8.49. The molecule has 0 aromatic heterocycles. The lowest BCUT2D eigenvalue weighted by atomic mass is 10.1. The lowest BCUT2D eigenvalue weighted by Gasteiger charge is -2.24. The molecule has 0 fully saturated rings. The first-order chi connectivity index (χ1) is 12.8. The molecule has 2 aromatic rings. The fraction of sp³-hybridized carbons (Fsp3) is 0.182. The third-order valence-electron chi connectivity index (χ3n) is 4.30. The highest BCUT2D eigenvalue weighted by atomic mass is 32.2. The lowest BCUT2D eigenvalue weighted by molar-refractivity contribution is 0.192. The van der Waals surface area contributed by atoms with Gasteiger partial charge in [0.25, 0.3) is 0 Å². The number of ether oxygens (including phenoxy) is 2. The Balaban J connectivity index is 1.81. The Bertz CT molecular complexity index is 997. The van der Waals surface area contributed by atoms with E-state index in [1.54, 1.807) is 55.6 Å². The maximum absolute atomic E-state index is 12.7. The topological polar surface area (TPSA) is 52.6 Å². The summed E-state index contributed by atoms with van der Waals surface area (Å²) in [6.07, 6.45) is 9.36. The van der Waals surface area contributed by atoms with E-state index in [2.05, 4.69) is 0 Å². The van der Waals surface area contributed by atoms with E-state index in [0.717, 1.165) is 11.3 Å². The second-order valence-electron chi connectivity index (χ2n) is 6.54. The van der Waals surface area contributed by atoms with Gasteiger partial charge >= 0.3 is 0 Å². The van der Waals surface area contributed by atoms with Gasteiger partial charge in [-0.15, -0.1) is 0 Å². The van der Waals surface area contributed by atoms with Gasteiger partial charge in [0.05, 0.1) is 16.9 Å². The molecule has 0 radical (unpaired) electrons. The Labute approximate surface area is 160 Å². The molecule has 2 aromatic carbocycles. The predicted molar refractivity (Wildman–Crippen MR) is 105 cm³/mol. The summed E-state index contributed by atoms with van der Waals surface area (Å²) >= 11 is 0. The van der Waals surface area contributed by atoms with Crippen molar-refractivity contribution in [3.05, 3.63) is 90.2 Å². The van der Waals surface area contributed by atoms with Crippen LogP contribution in [0, 0.1) is 6.92 Å². The summed E-state index contributed by atoms with van der Waals surface area (Å²) in [5.41, 5.74) is 0.357. The van der Waals surface area contributed by atoms with Gasteiger partial charge in [0.15, 0.2) is 0 Å². The molecular weight excluding hydrogens is 360 g/mol. The molecule has 0 N–H and O–H groups in total. The molecule has 0 spiro atoms. The number of methoxy groups -OCH3 is 1. The van der Waals surface area contributed by atoms with E-state index in [4.69, 9.17) is 9.47 Å². The average molecular weight is 382 g/mol. The van der Waals surface area contributed by atoms with Crippen LogP contribution in [0.2, 0.25) is 0 Å². The first kappa shape index (κ1) is 19.0. The molecule has 1 atom stereocenters. The summed E-state index contributed by atoms with van der Waals surface area (Å²) in [6.45, 7) is 3.84. The molecular formula is C22H22O4S. The third-order valence-corrected chi connectivity index (χ3v) is 6.09. The first-order valence-electron chi connectivity index (χ1n) is 8.56. The van der Waals surface area contributed by atoms with Crippen molar-refractivity contribution in [1.29, 1.82) is 0 Å². The van der Waals surface area contributed by atoms with Gasteiger partial charge in [0, 0.05) is 0 Å². The minimum absolute atomic E-state index is 0.235. The van der Waals surface area contributed by atoms with E-state index < -0.39 is 15.4 Å². The van der Waals surface area contributed by atoms with Crippen molar-refractivity contribution >= 4 is 9.84 Å². The predicted octanol–water partition coefficient (Wildman–Crippen LogP) is 4.62. The summed E-state index contributed by atoms with van der Waals surface area (Å²) in [5, 5.41) is 0. The molecule has 5 heteroatoms. The van der Waals surface area contributed by atoms with Gasteiger partial charge in [0.1, 0.15) is 17.1 Å². The number of aryl methyl sites for hydroxylation is 1. The Morgan fingerprint density at radius 2 is 1.48 bits per heavy atom. The third kappa shape index (κ3) is 4.31. The summed E-state index contributed by atoms with van der Waals surface area (Å²) in [6, 6.07) is 13.3. The molecule has 0 heterocycles. The van der Waals surface area contributed by atoms with Crippen molar-refractivity contribution in [3.63, 3.8) is 0 Å². The zero-order valence-corrected chi connectivity index (χ0v) is 16.4. The first-order valence-corrected chi connectivity index (χ1v) is 10.0. The van der Waals surface area contributed by atoms with Gasteiger partial charge in [-0.3, -0.25) is 0 Å². The van der Waals surface area contributed by atoms with Crippen molar-refractivity contribution in [2.75, 3.05) is 7.11 Å². The Morgan fingerprint density at radius 3 is 2.07 bits per heavy atom. The quantitative estimate of drug-likeness (QED) is 0.757. The molecule has 0 saturated carbocycles. The van der Waals surface area contributed by atoms with Gasteiger partial charge in [-0.05, 0) is 74.5 Å². The molecule has 1 unspecified atom stereocenters. The van der Waals surface area contributed by atoms with Crippen LogP contribution in [0.15, 0.2) is 94.5 Å². The molecule has 3 rings (SSSR count). The van der Waals surface area contributed by atoms with Gasteiger partial charge in [-0.25, -0.2) is 8.42 Å².